The Hall–Kier alpha value is -0.730. The maximum atomic E-state index is 11.3. The number of hydrogen-bond acceptors (Lipinski definition) is 1. The van der Waals surface area contributed by atoms with Gasteiger partial charge in [-0.2, -0.15) is 0 Å². The van der Waals surface area contributed by atoms with Crippen LogP contribution in [-0.2, 0) is 0 Å². The largest absolute Gasteiger partial charge is 0.338 e. The molecule has 0 aromatic carbocycles. The lowest BCUT2D eigenvalue weighted by molar-refractivity contribution is 0.240. The highest BCUT2D eigenvalue weighted by atomic mass is 16.2. The maximum Gasteiger partial charge on any atom is 0.314 e. The van der Waals surface area contributed by atoms with E-state index in [0.29, 0.717) is 0 Å². The first-order chi connectivity index (χ1) is 8.31. The third kappa shape index (κ3) is 13.2. The van der Waals surface area contributed by atoms with Crippen LogP contribution in [0.4, 0.5) is 4.79 Å². The van der Waals surface area contributed by atoms with E-state index in [-0.39, 0.29) is 6.03 Å². The molecule has 0 spiro atoms. The summed E-state index contributed by atoms with van der Waals surface area (Å²) in [6.45, 7) is 5.96. The van der Waals surface area contributed by atoms with E-state index < -0.39 is 0 Å². The van der Waals surface area contributed by atoms with Crippen molar-refractivity contribution in [1.82, 2.24) is 10.6 Å². The first-order valence-corrected chi connectivity index (χ1v) is 7.33. The highest BCUT2D eigenvalue weighted by Gasteiger charge is 1.97. The molecule has 0 rings (SSSR count). The van der Waals surface area contributed by atoms with Gasteiger partial charge in [0.1, 0.15) is 0 Å². The van der Waals surface area contributed by atoms with Gasteiger partial charge in [-0.15, -0.1) is 0 Å². The van der Waals surface area contributed by atoms with E-state index in [4.69, 9.17) is 0 Å². The van der Waals surface area contributed by atoms with Gasteiger partial charge in [0.15, 0.2) is 0 Å². The molecule has 0 heterocycles. The minimum atomic E-state index is -0.00978. The highest BCUT2D eigenvalue weighted by molar-refractivity contribution is 5.73. The van der Waals surface area contributed by atoms with Gasteiger partial charge in [-0.3, -0.25) is 0 Å². The van der Waals surface area contributed by atoms with Crippen molar-refractivity contribution in [2.24, 2.45) is 0 Å². The van der Waals surface area contributed by atoms with Gasteiger partial charge in [-0.25, -0.2) is 4.79 Å². The van der Waals surface area contributed by atoms with Gasteiger partial charge in [-0.05, 0) is 12.8 Å². The minimum absolute atomic E-state index is 0.00978. The van der Waals surface area contributed by atoms with Crippen LogP contribution in [0.3, 0.4) is 0 Å². The quantitative estimate of drug-likeness (QED) is 0.531. The third-order valence-electron chi connectivity index (χ3n) is 2.88. The summed E-state index contributed by atoms with van der Waals surface area (Å²) in [5.41, 5.74) is 0. The first-order valence-electron chi connectivity index (χ1n) is 7.33. The van der Waals surface area contributed by atoms with Gasteiger partial charge in [0, 0.05) is 13.1 Å². The molecule has 0 unspecified atom stereocenters. The molecule has 0 fully saturated rings. The number of amides is 2. The van der Waals surface area contributed by atoms with Crippen molar-refractivity contribution in [2.45, 2.75) is 71.6 Å². The van der Waals surface area contributed by atoms with Crippen LogP contribution in [0.15, 0.2) is 0 Å². The SMILES string of the molecule is CCCCCCCCCNC(=O)NCCCC. The van der Waals surface area contributed by atoms with E-state index in [9.17, 15) is 4.79 Å². The van der Waals surface area contributed by atoms with Gasteiger partial charge < -0.3 is 10.6 Å². The lowest BCUT2D eigenvalue weighted by Gasteiger charge is -2.06. The van der Waals surface area contributed by atoms with E-state index in [1.807, 2.05) is 0 Å². The molecular weight excluding hydrogens is 212 g/mol. The summed E-state index contributed by atoms with van der Waals surface area (Å²) in [5, 5.41) is 5.75. The molecule has 0 bridgehead atoms. The van der Waals surface area contributed by atoms with Crippen LogP contribution in [0.1, 0.15) is 71.6 Å². The normalized spacial score (nSPS) is 10.2. The second kappa shape index (κ2) is 13.3. The lowest BCUT2D eigenvalue weighted by Crippen LogP contribution is -2.36. The number of unbranched alkanes of at least 4 members (excludes halogenated alkanes) is 7. The van der Waals surface area contributed by atoms with Crippen molar-refractivity contribution < 1.29 is 4.79 Å². The zero-order chi connectivity index (χ0) is 12.8. The number of carbonyl (C=O) groups excluding carboxylic acids is 1. The van der Waals surface area contributed by atoms with Crippen molar-refractivity contribution >= 4 is 6.03 Å². The van der Waals surface area contributed by atoms with Crippen LogP contribution < -0.4 is 10.6 Å². The van der Waals surface area contributed by atoms with E-state index in [0.717, 1.165) is 32.4 Å². The molecule has 3 heteroatoms. The summed E-state index contributed by atoms with van der Waals surface area (Å²) in [7, 11) is 0. The Bertz CT molecular complexity index is 172. The van der Waals surface area contributed by atoms with E-state index in [1.165, 1.54) is 38.5 Å². The lowest BCUT2D eigenvalue weighted by atomic mass is 10.1. The predicted octanol–water partition coefficient (Wildman–Crippen LogP) is 3.84. The summed E-state index contributed by atoms with van der Waals surface area (Å²) in [4.78, 5) is 11.3. The van der Waals surface area contributed by atoms with Gasteiger partial charge in [0.05, 0.1) is 0 Å². The fourth-order valence-corrected chi connectivity index (χ4v) is 1.73. The summed E-state index contributed by atoms with van der Waals surface area (Å²) < 4.78 is 0. The van der Waals surface area contributed by atoms with E-state index >= 15 is 0 Å². The molecule has 0 aliphatic carbocycles. The molecular formula is C14H30N2O. The number of nitrogens with one attached hydrogen (secondary N) is 2. The van der Waals surface area contributed by atoms with Crippen molar-refractivity contribution in [3.63, 3.8) is 0 Å². The van der Waals surface area contributed by atoms with Crippen LogP contribution in [0.5, 0.6) is 0 Å². The maximum absolute atomic E-state index is 11.3. The molecule has 17 heavy (non-hydrogen) atoms. The van der Waals surface area contributed by atoms with E-state index in [1.54, 1.807) is 0 Å². The van der Waals surface area contributed by atoms with Gasteiger partial charge in [-0.1, -0.05) is 58.8 Å². The van der Waals surface area contributed by atoms with Crippen molar-refractivity contribution in [1.29, 1.82) is 0 Å². The summed E-state index contributed by atoms with van der Waals surface area (Å²) in [6, 6.07) is -0.00978. The Morgan fingerprint density at radius 3 is 1.76 bits per heavy atom. The number of urea groups is 1. The monoisotopic (exact) mass is 242 g/mol. The fraction of sp³-hybridized carbons (Fsp3) is 0.929. The topological polar surface area (TPSA) is 41.1 Å². The third-order valence-corrected chi connectivity index (χ3v) is 2.88. The molecule has 0 saturated carbocycles. The van der Waals surface area contributed by atoms with Crippen molar-refractivity contribution in [2.75, 3.05) is 13.1 Å². The predicted molar refractivity (Wildman–Crippen MR) is 74.3 cm³/mol. The molecule has 2 amide bonds. The minimum Gasteiger partial charge on any atom is -0.338 e. The second-order valence-corrected chi connectivity index (χ2v) is 4.66. The summed E-state index contributed by atoms with van der Waals surface area (Å²) in [5.74, 6) is 0. The Morgan fingerprint density at radius 1 is 0.706 bits per heavy atom. The van der Waals surface area contributed by atoms with Crippen LogP contribution in [-0.4, -0.2) is 19.1 Å². The number of carbonyl (C=O) groups is 1. The number of hydrogen-bond donors (Lipinski definition) is 2. The molecule has 0 radical (unpaired) electrons. The van der Waals surface area contributed by atoms with Gasteiger partial charge >= 0.3 is 6.03 Å². The molecule has 0 aromatic rings. The summed E-state index contributed by atoms with van der Waals surface area (Å²) >= 11 is 0. The zero-order valence-corrected chi connectivity index (χ0v) is 11.7. The zero-order valence-electron chi connectivity index (χ0n) is 11.7. The standard InChI is InChI=1S/C14H30N2O/c1-3-5-7-8-9-10-11-13-16-14(17)15-12-6-4-2/h3-13H2,1-2H3,(H2,15,16,17). The smallest absolute Gasteiger partial charge is 0.314 e. The summed E-state index contributed by atoms with van der Waals surface area (Å²) in [6.07, 6.45) is 11.2. The van der Waals surface area contributed by atoms with Crippen molar-refractivity contribution in [3.8, 4) is 0 Å². The molecule has 2 N–H and O–H groups in total. The number of rotatable bonds is 11. The molecule has 0 saturated heterocycles. The average molecular weight is 242 g/mol. The van der Waals surface area contributed by atoms with Crippen LogP contribution in [0, 0.1) is 0 Å². The highest BCUT2D eigenvalue weighted by Crippen LogP contribution is 2.06. The molecule has 0 aliphatic rings. The van der Waals surface area contributed by atoms with Gasteiger partial charge in [0.25, 0.3) is 0 Å². The van der Waals surface area contributed by atoms with Crippen LogP contribution >= 0.6 is 0 Å². The Morgan fingerprint density at radius 2 is 1.18 bits per heavy atom. The molecule has 3 nitrogen and oxygen atoms in total. The molecule has 102 valence electrons. The Kier molecular flexibility index (Phi) is 12.8. The molecule has 0 atom stereocenters. The van der Waals surface area contributed by atoms with Crippen LogP contribution in [0.2, 0.25) is 0 Å². The van der Waals surface area contributed by atoms with Crippen LogP contribution in [0.25, 0.3) is 0 Å². The molecule has 0 aromatic heterocycles. The molecule has 0 aliphatic heterocycles. The Balaban J connectivity index is 3.08. The van der Waals surface area contributed by atoms with Crippen molar-refractivity contribution in [3.05, 3.63) is 0 Å². The first kappa shape index (κ1) is 16.3. The fourth-order valence-electron chi connectivity index (χ4n) is 1.73. The second-order valence-electron chi connectivity index (χ2n) is 4.66. The van der Waals surface area contributed by atoms with Gasteiger partial charge in [0.2, 0.25) is 0 Å². The Labute approximate surface area is 107 Å². The van der Waals surface area contributed by atoms with E-state index in [2.05, 4.69) is 24.5 Å². The average Bonchev–Trinajstić information content (AvgIpc) is 2.33.